The molecule has 0 unspecified atom stereocenters. The molecule has 2 rings (SSSR count). The third kappa shape index (κ3) is 1.97. The van der Waals surface area contributed by atoms with E-state index in [1.165, 1.54) is 11.3 Å². The van der Waals surface area contributed by atoms with Gasteiger partial charge in [0.1, 0.15) is 0 Å². The number of nitrogens with two attached hydrogens (primary N) is 1. The number of rotatable bonds is 3. The minimum absolute atomic E-state index is 0.370. The van der Waals surface area contributed by atoms with Crippen LogP contribution in [0.25, 0.3) is 10.4 Å². The van der Waals surface area contributed by atoms with Crippen molar-refractivity contribution in [1.82, 2.24) is 4.98 Å². The van der Waals surface area contributed by atoms with Gasteiger partial charge in [-0.25, -0.2) is 0 Å². The van der Waals surface area contributed by atoms with Crippen LogP contribution >= 0.6 is 11.3 Å². The number of carbonyl (C=O) groups is 1. The van der Waals surface area contributed by atoms with Crippen LogP contribution in [0.15, 0.2) is 30.6 Å². The lowest BCUT2D eigenvalue weighted by atomic mass is 10.2. The zero-order valence-electron chi connectivity index (χ0n) is 7.71. The molecule has 0 bridgehead atoms. The Bertz CT molecular complexity index is 468. The fourth-order valence-electron chi connectivity index (χ4n) is 1.17. The number of carbonyl (C=O) groups excluding carboxylic acids is 1. The molecule has 0 aliphatic rings. The number of nitrogens with zero attached hydrogens (tertiary/aromatic N) is 1. The first-order valence-electron chi connectivity index (χ1n) is 4.21. The molecule has 0 aliphatic heterocycles. The minimum Gasteiger partial charge on any atom is -0.415 e. The van der Waals surface area contributed by atoms with E-state index in [1.54, 1.807) is 18.5 Å². The summed E-state index contributed by atoms with van der Waals surface area (Å²) < 4.78 is 4.73. The Morgan fingerprint density at radius 1 is 1.53 bits per heavy atom. The van der Waals surface area contributed by atoms with E-state index in [9.17, 15) is 4.79 Å². The molecule has 0 spiro atoms. The van der Waals surface area contributed by atoms with Crippen molar-refractivity contribution in [1.29, 1.82) is 0 Å². The van der Waals surface area contributed by atoms with Crippen LogP contribution in [-0.2, 0) is 4.79 Å². The monoisotopic (exact) mass is 220 g/mol. The first-order valence-corrected chi connectivity index (χ1v) is 5.03. The van der Waals surface area contributed by atoms with Crippen LogP contribution in [0.4, 0.5) is 5.69 Å². The van der Waals surface area contributed by atoms with Gasteiger partial charge in [0.2, 0.25) is 5.06 Å². The highest BCUT2D eigenvalue weighted by Crippen LogP contribution is 2.38. The Morgan fingerprint density at radius 3 is 3.07 bits per heavy atom. The summed E-state index contributed by atoms with van der Waals surface area (Å²) in [5.41, 5.74) is 7.09. The second kappa shape index (κ2) is 4.10. The summed E-state index contributed by atoms with van der Waals surface area (Å²) in [6.45, 7) is 0.370. The number of aromatic nitrogens is 1. The Balaban J connectivity index is 2.38. The molecule has 2 N–H and O–H groups in total. The van der Waals surface area contributed by atoms with Crippen molar-refractivity contribution in [2.75, 3.05) is 5.73 Å². The predicted molar refractivity (Wildman–Crippen MR) is 58.7 cm³/mol. The van der Waals surface area contributed by atoms with Crippen LogP contribution in [0.1, 0.15) is 0 Å². The fraction of sp³-hybridized carbons (Fsp3) is 0. The maximum atomic E-state index is 10.2. The smallest absolute Gasteiger partial charge is 0.299 e. The van der Waals surface area contributed by atoms with Crippen molar-refractivity contribution in [3.63, 3.8) is 0 Å². The van der Waals surface area contributed by atoms with Crippen molar-refractivity contribution < 1.29 is 9.53 Å². The zero-order chi connectivity index (χ0) is 10.7. The van der Waals surface area contributed by atoms with E-state index < -0.39 is 0 Å². The van der Waals surface area contributed by atoms with E-state index in [2.05, 4.69) is 4.98 Å². The summed E-state index contributed by atoms with van der Waals surface area (Å²) >= 11 is 1.32. The second-order valence-electron chi connectivity index (χ2n) is 2.81. The van der Waals surface area contributed by atoms with E-state index in [4.69, 9.17) is 10.5 Å². The fourth-order valence-corrected chi connectivity index (χ4v) is 2.06. The van der Waals surface area contributed by atoms with Crippen molar-refractivity contribution in [2.45, 2.75) is 0 Å². The number of pyridine rings is 1. The Kier molecular flexibility index (Phi) is 2.64. The maximum absolute atomic E-state index is 10.2. The lowest BCUT2D eigenvalue weighted by Crippen LogP contribution is -1.89. The van der Waals surface area contributed by atoms with Gasteiger partial charge in [-0.1, -0.05) is 17.4 Å². The van der Waals surface area contributed by atoms with E-state index in [-0.39, 0.29) is 0 Å². The molecular formula is C10H8N2O2S. The van der Waals surface area contributed by atoms with Crippen LogP contribution in [0.2, 0.25) is 0 Å². The zero-order valence-corrected chi connectivity index (χ0v) is 8.53. The molecule has 4 nitrogen and oxygen atoms in total. The van der Waals surface area contributed by atoms with Crippen molar-refractivity contribution in [3.05, 3.63) is 30.6 Å². The Morgan fingerprint density at radius 2 is 2.40 bits per heavy atom. The molecule has 15 heavy (non-hydrogen) atoms. The topological polar surface area (TPSA) is 65.2 Å². The van der Waals surface area contributed by atoms with Crippen LogP contribution in [0.5, 0.6) is 5.06 Å². The van der Waals surface area contributed by atoms with Gasteiger partial charge in [0.15, 0.2) is 0 Å². The SMILES string of the molecule is Nc1cc(-c2cccnc2)sc1OC=O. The first kappa shape index (κ1) is 9.67. The highest BCUT2D eigenvalue weighted by molar-refractivity contribution is 7.18. The van der Waals surface area contributed by atoms with Gasteiger partial charge in [0.05, 0.1) is 5.69 Å². The van der Waals surface area contributed by atoms with Crippen LogP contribution < -0.4 is 10.5 Å². The molecule has 0 aromatic carbocycles. The van der Waals surface area contributed by atoms with Gasteiger partial charge in [0, 0.05) is 22.8 Å². The van der Waals surface area contributed by atoms with Gasteiger partial charge >= 0.3 is 0 Å². The van der Waals surface area contributed by atoms with Gasteiger partial charge in [0.25, 0.3) is 6.47 Å². The Hall–Kier alpha value is -1.88. The predicted octanol–water partition coefficient (Wildman–Crippen LogP) is 1.93. The second-order valence-corrected chi connectivity index (χ2v) is 3.82. The molecule has 2 aromatic rings. The van der Waals surface area contributed by atoms with Crippen molar-refractivity contribution >= 4 is 23.5 Å². The van der Waals surface area contributed by atoms with Gasteiger partial charge in [-0.2, -0.15) is 0 Å². The van der Waals surface area contributed by atoms with Crippen LogP contribution in [0, 0.1) is 0 Å². The highest BCUT2D eigenvalue weighted by Gasteiger charge is 2.08. The lowest BCUT2D eigenvalue weighted by molar-refractivity contribution is -0.120. The number of ether oxygens (including phenoxy) is 1. The quantitative estimate of drug-likeness (QED) is 0.802. The molecule has 0 saturated carbocycles. The standard InChI is InChI=1S/C10H8N2O2S/c11-8-4-9(15-10(8)14-6-13)7-2-1-3-12-5-7/h1-6H,11H2. The van der Waals surface area contributed by atoms with Crippen molar-refractivity contribution in [2.24, 2.45) is 0 Å². The normalized spacial score (nSPS) is 9.87. The summed E-state index contributed by atoms with van der Waals surface area (Å²) in [5, 5.41) is 0.420. The average molecular weight is 220 g/mol. The molecule has 2 heterocycles. The molecule has 76 valence electrons. The third-order valence-electron chi connectivity index (χ3n) is 1.83. The van der Waals surface area contributed by atoms with E-state index >= 15 is 0 Å². The molecule has 0 atom stereocenters. The van der Waals surface area contributed by atoms with Gasteiger partial charge in [-0.05, 0) is 12.1 Å². The average Bonchev–Trinajstić information content (AvgIpc) is 2.63. The van der Waals surface area contributed by atoms with Gasteiger partial charge in [-0.3, -0.25) is 9.78 Å². The van der Waals surface area contributed by atoms with E-state index in [0.29, 0.717) is 17.2 Å². The van der Waals surface area contributed by atoms with Crippen LogP contribution in [-0.4, -0.2) is 11.5 Å². The summed E-state index contributed by atoms with van der Waals surface area (Å²) in [6.07, 6.45) is 3.43. The first-order chi connectivity index (χ1) is 7.31. The molecule has 5 heteroatoms. The number of anilines is 1. The van der Waals surface area contributed by atoms with Crippen LogP contribution in [0.3, 0.4) is 0 Å². The summed E-state index contributed by atoms with van der Waals surface area (Å²) in [7, 11) is 0. The summed E-state index contributed by atoms with van der Waals surface area (Å²) in [5.74, 6) is 0. The summed E-state index contributed by atoms with van der Waals surface area (Å²) in [4.78, 5) is 15.1. The largest absolute Gasteiger partial charge is 0.415 e. The highest BCUT2D eigenvalue weighted by atomic mass is 32.1. The number of thiophene rings is 1. The molecule has 0 aliphatic carbocycles. The third-order valence-corrected chi connectivity index (χ3v) is 2.92. The Labute approximate surface area is 90.3 Å². The van der Waals surface area contributed by atoms with Gasteiger partial charge < -0.3 is 10.5 Å². The van der Waals surface area contributed by atoms with Crippen molar-refractivity contribution in [3.8, 4) is 15.5 Å². The number of hydrogen-bond donors (Lipinski definition) is 1. The maximum Gasteiger partial charge on any atom is 0.299 e. The lowest BCUT2D eigenvalue weighted by Gasteiger charge is -1.93. The molecular weight excluding hydrogens is 212 g/mol. The number of hydrogen-bond acceptors (Lipinski definition) is 5. The molecule has 0 saturated heterocycles. The van der Waals surface area contributed by atoms with Gasteiger partial charge in [-0.15, -0.1) is 0 Å². The van der Waals surface area contributed by atoms with E-state index in [0.717, 1.165) is 10.4 Å². The number of nitrogen functional groups attached to an aromatic ring is 1. The summed E-state index contributed by atoms with van der Waals surface area (Å²) in [6, 6.07) is 5.52. The molecule has 2 aromatic heterocycles. The van der Waals surface area contributed by atoms with E-state index in [1.807, 2.05) is 12.1 Å². The molecule has 0 amide bonds. The molecule has 0 fully saturated rings. The minimum atomic E-state index is 0.370. The molecule has 0 radical (unpaired) electrons.